The minimum Gasteiger partial charge on any atom is -0.337 e. The van der Waals surface area contributed by atoms with Gasteiger partial charge in [-0.1, -0.05) is 26.8 Å². The van der Waals surface area contributed by atoms with Gasteiger partial charge >= 0.3 is 0 Å². The summed E-state index contributed by atoms with van der Waals surface area (Å²) in [4.78, 5) is 4.09. The smallest absolute Gasteiger partial charge is 0.277 e. The van der Waals surface area contributed by atoms with Crippen molar-refractivity contribution in [2.45, 2.75) is 31.1 Å². The molecule has 3 rings (SSSR count). The van der Waals surface area contributed by atoms with Crippen molar-refractivity contribution in [3.8, 4) is 0 Å². The molecule has 1 N–H and O–H groups in total. The minimum atomic E-state index is -3.87. The first-order chi connectivity index (χ1) is 10.3. The number of aromatic nitrogens is 4. The van der Waals surface area contributed by atoms with Gasteiger partial charge in [-0.2, -0.15) is 13.7 Å². The van der Waals surface area contributed by atoms with E-state index in [0.29, 0.717) is 16.9 Å². The molecule has 0 aliphatic heterocycles. The van der Waals surface area contributed by atoms with Crippen molar-refractivity contribution in [1.82, 2.24) is 18.9 Å². The molecule has 10 heteroatoms. The van der Waals surface area contributed by atoms with Crippen LogP contribution in [0.25, 0.3) is 11.0 Å². The number of rotatable bonds is 3. The summed E-state index contributed by atoms with van der Waals surface area (Å²) < 4.78 is 40.4. The zero-order valence-electron chi connectivity index (χ0n) is 12.1. The van der Waals surface area contributed by atoms with Crippen LogP contribution in [0.3, 0.4) is 0 Å². The summed E-state index contributed by atoms with van der Waals surface area (Å²) in [5.41, 5.74) is 0.478. The van der Waals surface area contributed by atoms with Crippen LogP contribution in [-0.4, -0.2) is 27.3 Å². The van der Waals surface area contributed by atoms with Gasteiger partial charge in [-0.15, -0.1) is 0 Å². The number of fused-ring (bicyclic) bond motifs is 1. The van der Waals surface area contributed by atoms with E-state index in [4.69, 9.17) is 4.52 Å². The molecule has 1 aromatic carbocycles. The Kier molecular flexibility index (Phi) is 3.37. The lowest BCUT2D eigenvalue weighted by atomic mass is 9.97. The van der Waals surface area contributed by atoms with Crippen LogP contribution < -0.4 is 4.72 Å². The van der Waals surface area contributed by atoms with Crippen molar-refractivity contribution in [3.63, 3.8) is 0 Å². The number of sulfonamides is 1. The zero-order chi connectivity index (χ0) is 16.0. The minimum absolute atomic E-state index is 0.0286. The Bertz CT molecular complexity index is 924. The van der Waals surface area contributed by atoms with E-state index in [1.807, 2.05) is 20.8 Å². The quantitative estimate of drug-likeness (QED) is 0.778. The zero-order valence-corrected chi connectivity index (χ0v) is 13.7. The second-order valence-electron chi connectivity index (χ2n) is 5.67. The summed E-state index contributed by atoms with van der Waals surface area (Å²) in [5.74, 6) is 0.240. The molecule has 0 aliphatic carbocycles. The predicted molar refractivity (Wildman–Crippen MR) is 81.2 cm³/mol. The summed E-state index contributed by atoms with van der Waals surface area (Å²) in [6, 6.07) is 4.76. The molecule has 0 saturated heterocycles. The highest BCUT2D eigenvalue weighted by Crippen LogP contribution is 2.24. The second kappa shape index (κ2) is 4.99. The van der Waals surface area contributed by atoms with Crippen LogP contribution in [0.2, 0.25) is 0 Å². The van der Waals surface area contributed by atoms with E-state index in [2.05, 4.69) is 23.6 Å². The fraction of sp³-hybridized carbons (Fsp3) is 0.333. The highest BCUT2D eigenvalue weighted by atomic mass is 32.2. The molecule has 2 heterocycles. The lowest BCUT2D eigenvalue weighted by Gasteiger charge is -2.10. The largest absolute Gasteiger partial charge is 0.337 e. The Morgan fingerprint density at radius 1 is 1.23 bits per heavy atom. The maximum Gasteiger partial charge on any atom is 0.277 e. The number of hydrogen-bond acceptors (Lipinski definition) is 8. The number of nitrogens with one attached hydrogen (secondary N) is 1. The Morgan fingerprint density at radius 3 is 2.68 bits per heavy atom. The van der Waals surface area contributed by atoms with E-state index >= 15 is 0 Å². The van der Waals surface area contributed by atoms with E-state index in [-0.39, 0.29) is 16.3 Å². The summed E-state index contributed by atoms with van der Waals surface area (Å²) in [5, 5.41) is 3.65. The molecule has 0 spiro atoms. The molecular formula is C12H13N5O3S2. The third kappa shape index (κ3) is 2.66. The van der Waals surface area contributed by atoms with Gasteiger partial charge < -0.3 is 4.52 Å². The molecule has 0 fully saturated rings. The molecule has 0 aliphatic rings. The van der Waals surface area contributed by atoms with Gasteiger partial charge in [0.2, 0.25) is 5.89 Å². The highest BCUT2D eigenvalue weighted by Gasteiger charge is 2.25. The average Bonchev–Trinajstić information content (AvgIpc) is 3.04. The van der Waals surface area contributed by atoms with Crippen molar-refractivity contribution < 1.29 is 12.9 Å². The summed E-state index contributed by atoms with van der Waals surface area (Å²) >= 11 is 0.955. The van der Waals surface area contributed by atoms with E-state index in [9.17, 15) is 8.42 Å². The van der Waals surface area contributed by atoms with Gasteiger partial charge in [0.1, 0.15) is 15.9 Å². The number of hydrogen-bond donors (Lipinski definition) is 1. The van der Waals surface area contributed by atoms with E-state index in [1.54, 1.807) is 12.1 Å². The molecule has 0 bridgehead atoms. The first-order valence-corrected chi connectivity index (χ1v) is 8.57. The first-order valence-electron chi connectivity index (χ1n) is 6.36. The number of benzene rings is 1. The average molecular weight is 339 g/mol. The van der Waals surface area contributed by atoms with Gasteiger partial charge in [-0.25, -0.2) is 13.1 Å². The summed E-state index contributed by atoms with van der Waals surface area (Å²) in [6.45, 7) is 5.67. The molecule has 22 heavy (non-hydrogen) atoms. The fourth-order valence-electron chi connectivity index (χ4n) is 1.74. The third-order valence-corrected chi connectivity index (χ3v) is 4.73. The van der Waals surface area contributed by atoms with Crippen LogP contribution in [0.5, 0.6) is 0 Å². The SMILES string of the molecule is CC(C)(C)c1nc(NS(=O)(=O)c2cccc3nsnc23)no1. The standard InChI is InChI=1S/C12H13N5O3S2/c1-12(2,3)10-13-11(14-20-10)17-22(18,19)8-6-4-5-7-9(8)16-21-15-7/h4-6H,1-3H3,(H,14,17). The van der Waals surface area contributed by atoms with E-state index < -0.39 is 10.0 Å². The first kappa shape index (κ1) is 14.9. The van der Waals surface area contributed by atoms with Gasteiger partial charge in [-0.3, -0.25) is 0 Å². The molecule has 0 saturated carbocycles. The molecule has 2 aromatic heterocycles. The lowest BCUT2D eigenvalue weighted by Crippen LogP contribution is -2.15. The molecule has 116 valence electrons. The van der Waals surface area contributed by atoms with Gasteiger partial charge in [-0.05, 0) is 17.3 Å². The molecule has 3 aromatic rings. The summed E-state index contributed by atoms with van der Waals surface area (Å²) in [7, 11) is -3.87. The van der Waals surface area contributed by atoms with Gasteiger partial charge in [0.25, 0.3) is 16.0 Å². The number of nitrogens with zero attached hydrogens (tertiary/aromatic N) is 4. The van der Waals surface area contributed by atoms with E-state index in [1.165, 1.54) is 6.07 Å². The van der Waals surface area contributed by atoms with Crippen LogP contribution in [0.1, 0.15) is 26.7 Å². The molecular weight excluding hydrogens is 326 g/mol. The topological polar surface area (TPSA) is 111 Å². The highest BCUT2D eigenvalue weighted by molar-refractivity contribution is 7.93. The lowest BCUT2D eigenvalue weighted by molar-refractivity contribution is 0.321. The van der Waals surface area contributed by atoms with Gasteiger partial charge in [0, 0.05) is 5.41 Å². The van der Waals surface area contributed by atoms with Gasteiger partial charge in [0.05, 0.1) is 11.7 Å². The maximum atomic E-state index is 12.5. The molecule has 0 atom stereocenters. The maximum absolute atomic E-state index is 12.5. The van der Waals surface area contributed by atoms with Crippen LogP contribution in [-0.2, 0) is 15.4 Å². The molecule has 0 amide bonds. The second-order valence-corrected chi connectivity index (χ2v) is 7.85. The monoisotopic (exact) mass is 339 g/mol. The molecule has 0 radical (unpaired) electrons. The van der Waals surface area contributed by atoms with E-state index in [0.717, 1.165) is 11.7 Å². The predicted octanol–water partition coefficient (Wildman–Crippen LogP) is 2.17. The van der Waals surface area contributed by atoms with Crippen LogP contribution >= 0.6 is 11.7 Å². The van der Waals surface area contributed by atoms with Crippen molar-refractivity contribution >= 4 is 38.7 Å². The van der Waals surface area contributed by atoms with Crippen molar-refractivity contribution in [1.29, 1.82) is 0 Å². The van der Waals surface area contributed by atoms with Crippen molar-refractivity contribution in [3.05, 3.63) is 24.1 Å². The number of anilines is 1. The Morgan fingerprint density at radius 2 is 2.00 bits per heavy atom. The molecule has 0 unspecified atom stereocenters. The normalized spacial score (nSPS) is 12.7. The Labute approximate surface area is 130 Å². The summed E-state index contributed by atoms with van der Waals surface area (Å²) in [6.07, 6.45) is 0. The fourth-order valence-corrected chi connectivity index (χ4v) is 3.45. The van der Waals surface area contributed by atoms with Gasteiger partial charge in [0.15, 0.2) is 0 Å². The van der Waals surface area contributed by atoms with Crippen LogP contribution in [0.15, 0.2) is 27.6 Å². The Hall–Kier alpha value is -2.07. The third-order valence-electron chi connectivity index (χ3n) is 2.83. The Balaban J connectivity index is 1.97. The van der Waals surface area contributed by atoms with Crippen LogP contribution in [0.4, 0.5) is 5.95 Å². The van der Waals surface area contributed by atoms with Crippen LogP contribution in [0, 0.1) is 0 Å². The van der Waals surface area contributed by atoms with Crippen molar-refractivity contribution in [2.75, 3.05) is 4.72 Å². The molecule has 8 nitrogen and oxygen atoms in total. The van der Waals surface area contributed by atoms with Crippen molar-refractivity contribution in [2.24, 2.45) is 0 Å².